The van der Waals surface area contributed by atoms with Crippen molar-refractivity contribution in [3.8, 4) is 0 Å². The molecule has 0 aromatic heterocycles. The summed E-state index contributed by atoms with van der Waals surface area (Å²) in [5.74, 6) is 4.66. The molecule has 0 aliphatic heterocycles. The summed E-state index contributed by atoms with van der Waals surface area (Å²) in [6.07, 6.45) is 2.03. The van der Waals surface area contributed by atoms with Crippen LogP contribution in [0.1, 0.15) is 26.7 Å². The van der Waals surface area contributed by atoms with Crippen LogP contribution in [0, 0.1) is 0 Å². The fraction of sp³-hybridized carbons (Fsp3) is 1.00. The first-order chi connectivity index (χ1) is 3.85. The standard InChI is InChI=1S/C5H13NO2/c1-3-5(4-2)7-8-6/h5H,3-4,6H2,1-2H3. The van der Waals surface area contributed by atoms with Gasteiger partial charge < -0.3 is 0 Å². The molecular weight excluding hydrogens is 106 g/mol. The van der Waals surface area contributed by atoms with Crippen molar-refractivity contribution in [3.05, 3.63) is 0 Å². The lowest BCUT2D eigenvalue weighted by atomic mass is 10.2. The molecule has 0 aliphatic carbocycles. The van der Waals surface area contributed by atoms with Gasteiger partial charge in [-0.05, 0) is 12.8 Å². The molecule has 0 aliphatic rings. The SMILES string of the molecule is CCC(CC)OON. The van der Waals surface area contributed by atoms with Crippen LogP contribution in [0.15, 0.2) is 0 Å². The first kappa shape index (κ1) is 7.88. The van der Waals surface area contributed by atoms with Crippen molar-refractivity contribution in [2.45, 2.75) is 32.8 Å². The average molecular weight is 119 g/mol. The number of hydrogen-bond acceptors (Lipinski definition) is 3. The van der Waals surface area contributed by atoms with E-state index in [0.29, 0.717) is 0 Å². The first-order valence-corrected chi connectivity index (χ1v) is 2.87. The predicted octanol–water partition coefficient (Wildman–Crippen LogP) is 0.997. The average Bonchev–Trinajstić information content (AvgIpc) is 1.83. The zero-order valence-electron chi connectivity index (χ0n) is 5.39. The highest BCUT2D eigenvalue weighted by Gasteiger charge is 2.01. The van der Waals surface area contributed by atoms with Crippen LogP contribution in [0.5, 0.6) is 0 Å². The summed E-state index contributed by atoms with van der Waals surface area (Å²) < 4.78 is 0. The van der Waals surface area contributed by atoms with Gasteiger partial charge in [-0.2, -0.15) is 5.90 Å². The van der Waals surface area contributed by atoms with Gasteiger partial charge in [-0.3, -0.25) is 0 Å². The molecule has 0 spiro atoms. The van der Waals surface area contributed by atoms with E-state index >= 15 is 0 Å². The summed E-state index contributed by atoms with van der Waals surface area (Å²) in [5.41, 5.74) is 0. The molecule has 0 heterocycles. The van der Waals surface area contributed by atoms with E-state index in [1.165, 1.54) is 0 Å². The Morgan fingerprint density at radius 1 is 1.38 bits per heavy atom. The molecule has 0 fully saturated rings. The quantitative estimate of drug-likeness (QED) is 0.443. The molecule has 0 unspecified atom stereocenters. The van der Waals surface area contributed by atoms with Crippen LogP contribution in [0.4, 0.5) is 0 Å². The van der Waals surface area contributed by atoms with E-state index in [-0.39, 0.29) is 6.10 Å². The van der Waals surface area contributed by atoms with Crippen molar-refractivity contribution < 1.29 is 9.88 Å². The summed E-state index contributed by atoms with van der Waals surface area (Å²) in [6, 6.07) is 0. The lowest BCUT2D eigenvalue weighted by molar-refractivity contribution is -0.329. The Kier molecular flexibility index (Phi) is 4.95. The summed E-state index contributed by atoms with van der Waals surface area (Å²) in [7, 11) is 0. The van der Waals surface area contributed by atoms with Gasteiger partial charge >= 0.3 is 0 Å². The van der Waals surface area contributed by atoms with Gasteiger partial charge in [0.2, 0.25) is 0 Å². The molecule has 2 N–H and O–H groups in total. The molecule has 0 aromatic carbocycles. The molecule has 50 valence electrons. The Labute approximate surface area is 49.6 Å². The first-order valence-electron chi connectivity index (χ1n) is 2.87. The van der Waals surface area contributed by atoms with Gasteiger partial charge in [-0.25, -0.2) is 4.89 Å². The molecule has 0 saturated heterocycles. The molecule has 3 heteroatoms. The molecule has 8 heavy (non-hydrogen) atoms. The van der Waals surface area contributed by atoms with Gasteiger partial charge in [0.15, 0.2) is 0 Å². The van der Waals surface area contributed by atoms with Crippen LogP contribution in [0.3, 0.4) is 0 Å². The molecule has 0 saturated carbocycles. The maximum Gasteiger partial charge on any atom is 0.0944 e. The normalized spacial score (nSPS) is 10.5. The van der Waals surface area contributed by atoms with Crippen molar-refractivity contribution in [2.24, 2.45) is 5.90 Å². The number of hydrogen-bond donors (Lipinski definition) is 1. The molecule has 0 radical (unpaired) electrons. The minimum atomic E-state index is 0.153. The third kappa shape index (κ3) is 2.96. The maximum atomic E-state index is 4.66. The van der Waals surface area contributed by atoms with Gasteiger partial charge in [0.05, 0.1) is 6.10 Å². The monoisotopic (exact) mass is 119 g/mol. The van der Waals surface area contributed by atoms with Gasteiger partial charge in [-0.15, -0.1) is 4.99 Å². The van der Waals surface area contributed by atoms with E-state index in [1.54, 1.807) is 0 Å². The second kappa shape index (κ2) is 5.03. The van der Waals surface area contributed by atoms with Crippen LogP contribution in [-0.2, 0) is 9.88 Å². The highest BCUT2D eigenvalue weighted by atomic mass is 17.3. The molecular formula is C5H13NO2. The molecule has 0 bridgehead atoms. The molecule has 0 aromatic rings. The Hall–Kier alpha value is -0.120. The smallest absolute Gasteiger partial charge is 0.0944 e. The van der Waals surface area contributed by atoms with Crippen molar-refractivity contribution in [1.29, 1.82) is 0 Å². The number of rotatable bonds is 4. The second-order valence-electron chi connectivity index (χ2n) is 1.63. The minimum Gasteiger partial charge on any atom is -0.215 e. The van der Waals surface area contributed by atoms with E-state index < -0.39 is 0 Å². The lowest BCUT2D eigenvalue weighted by Gasteiger charge is -2.07. The summed E-state index contributed by atoms with van der Waals surface area (Å²) >= 11 is 0. The van der Waals surface area contributed by atoms with Crippen LogP contribution in [0.25, 0.3) is 0 Å². The Morgan fingerprint density at radius 2 is 1.88 bits per heavy atom. The van der Waals surface area contributed by atoms with Crippen molar-refractivity contribution in [1.82, 2.24) is 0 Å². The summed E-state index contributed by atoms with van der Waals surface area (Å²) in [6.45, 7) is 4.04. The largest absolute Gasteiger partial charge is 0.215 e. The van der Waals surface area contributed by atoms with Gasteiger partial charge in [0.1, 0.15) is 0 Å². The molecule has 3 nitrogen and oxygen atoms in total. The molecule has 0 atom stereocenters. The van der Waals surface area contributed by atoms with Gasteiger partial charge in [0.25, 0.3) is 0 Å². The van der Waals surface area contributed by atoms with Crippen LogP contribution < -0.4 is 5.90 Å². The zero-order valence-corrected chi connectivity index (χ0v) is 5.39. The maximum absolute atomic E-state index is 4.66. The molecule has 0 amide bonds. The van der Waals surface area contributed by atoms with Crippen molar-refractivity contribution in [2.75, 3.05) is 0 Å². The highest BCUT2D eigenvalue weighted by Crippen LogP contribution is 2.00. The third-order valence-corrected chi connectivity index (χ3v) is 1.10. The summed E-state index contributed by atoms with van der Waals surface area (Å²) in [5, 5.41) is 0. The van der Waals surface area contributed by atoms with Crippen LogP contribution >= 0.6 is 0 Å². The van der Waals surface area contributed by atoms with E-state index in [1.807, 2.05) is 13.8 Å². The fourth-order valence-electron chi connectivity index (χ4n) is 0.503. The van der Waals surface area contributed by atoms with E-state index in [2.05, 4.69) is 15.8 Å². The number of nitrogens with two attached hydrogens (primary N) is 1. The second-order valence-corrected chi connectivity index (χ2v) is 1.63. The van der Waals surface area contributed by atoms with E-state index in [4.69, 9.17) is 0 Å². The molecule has 0 rings (SSSR count). The zero-order chi connectivity index (χ0) is 6.41. The lowest BCUT2D eigenvalue weighted by Crippen LogP contribution is -2.13. The van der Waals surface area contributed by atoms with Gasteiger partial charge in [0, 0.05) is 0 Å². The van der Waals surface area contributed by atoms with Crippen molar-refractivity contribution in [3.63, 3.8) is 0 Å². The fourth-order valence-corrected chi connectivity index (χ4v) is 0.503. The Morgan fingerprint density at radius 3 is 2.00 bits per heavy atom. The Balaban J connectivity index is 3.07. The topological polar surface area (TPSA) is 44.5 Å². The van der Waals surface area contributed by atoms with Crippen LogP contribution in [0.2, 0.25) is 0 Å². The third-order valence-electron chi connectivity index (χ3n) is 1.10. The highest BCUT2D eigenvalue weighted by molar-refractivity contribution is 4.46. The van der Waals surface area contributed by atoms with E-state index in [9.17, 15) is 0 Å². The minimum absolute atomic E-state index is 0.153. The predicted molar refractivity (Wildman–Crippen MR) is 30.7 cm³/mol. The van der Waals surface area contributed by atoms with Crippen molar-refractivity contribution >= 4 is 0 Å². The van der Waals surface area contributed by atoms with Gasteiger partial charge in [-0.1, -0.05) is 13.8 Å². The summed E-state index contributed by atoms with van der Waals surface area (Å²) in [4.78, 5) is 8.60. The Bertz CT molecular complexity index is 45.7. The van der Waals surface area contributed by atoms with E-state index in [0.717, 1.165) is 12.8 Å². The van der Waals surface area contributed by atoms with Crippen LogP contribution in [-0.4, -0.2) is 6.10 Å².